The van der Waals surface area contributed by atoms with E-state index in [1.165, 1.54) is 5.56 Å². The molecule has 1 unspecified atom stereocenters. The summed E-state index contributed by atoms with van der Waals surface area (Å²) in [6, 6.07) is 20.3. The van der Waals surface area contributed by atoms with Crippen LogP contribution < -0.4 is 10.0 Å². The zero-order valence-corrected chi connectivity index (χ0v) is 21.6. The van der Waals surface area contributed by atoms with Crippen molar-refractivity contribution in [1.29, 1.82) is 0 Å². The van der Waals surface area contributed by atoms with Gasteiger partial charge in [0.05, 0.1) is 23.5 Å². The summed E-state index contributed by atoms with van der Waals surface area (Å²) in [5.41, 5.74) is 5.90. The molecule has 37 heavy (non-hydrogen) atoms. The molecule has 0 bridgehead atoms. The first-order valence-electron chi connectivity index (χ1n) is 12.5. The van der Waals surface area contributed by atoms with Crippen molar-refractivity contribution >= 4 is 28.4 Å². The number of hydrogen-bond donors (Lipinski definition) is 4. The lowest BCUT2D eigenvalue weighted by atomic mass is 9.89. The molecule has 1 aliphatic heterocycles. The molecule has 9 nitrogen and oxygen atoms in total. The molecule has 3 heterocycles. The number of fused-ring (bicyclic) bond motifs is 1. The van der Waals surface area contributed by atoms with Crippen molar-refractivity contribution in [3.63, 3.8) is 0 Å². The van der Waals surface area contributed by atoms with E-state index in [0.29, 0.717) is 18.4 Å². The van der Waals surface area contributed by atoms with Crippen molar-refractivity contribution in [3.05, 3.63) is 78.0 Å². The Bertz CT molecular complexity index is 1370. The summed E-state index contributed by atoms with van der Waals surface area (Å²) < 4.78 is 24.3. The molecule has 4 N–H and O–H groups in total. The summed E-state index contributed by atoms with van der Waals surface area (Å²) in [5, 5.41) is 17.7. The normalized spacial score (nSPS) is 16.6. The average molecular weight is 521 g/mol. The van der Waals surface area contributed by atoms with Crippen molar-refractivity contribution in [2.75, 3.05) is 25.0 Å². The molecular formula is C27H32N6O3S. The molecule has 4 aromatic rings. The second-order valence-electron chi connectivity index (χ2n) is 9.58. The van der Waals surface area contributed by atoms with E-state index in [4.69, 9.17) is 9.65 Å². The van der Waals surface area contributed by atoms with Crippen LogP contribution in [0.3, 0.4) is 0 Å². The lowest BCUT2D eigenvalue weighted by Crippen LogP contribution is -2.37. The van der Waals surface area contributed by atoms with Crippen molar-refractivity contribution < 1.29 is 13.9 Å². The largest absolute Gasteiger partial charge is 0.392 e. The molecule has 0 radical (unpaired) electrons. The van der Waals surface area contributed by atoms with E-state index in [9.17, 15) is 9.32 Å². The number of anilines is 2. The summed E-state index contributed by atoms with van der Waals surface area (Å²) in [6.07, 6.45) is 3.71. The Balaban J connectivity index is 1.28. The number of likely N-dealkylation sites (tertiary alicyclic amines) is 1. The van der Waals surface area contributed by atoms with Crippen LogP contribution in [0.5, 0.6) is 0 Å². The number of aliphatic hydroxyl groups is 1. The Labute approximate surface area is 219 Å². The lowest BCUT2D eigenvalue weighted by molar-refractivity contribution is 0.109. The highest BCUT2D eigenvalue weighted by molar-refractivity contribution is 7.77. The number of piperidine rings is 1. The molecule has 2 atom stereocenters. The van der Waals surface area contributed by atoms with Gasteiger partial charge in [0.2, 0.25) is 17.2 Å². The van der Waals surface area contributed by atoms with E-state index in [1.807, 2.05) is 47.8 Å². The fourth-order valence-electron chi connectivity index (χ4n) is 4.95. The summed E-state index contributed by atoms with van der Waals surface area (Å²) in [6.45, 7) is 4.92. The number of rotatable bonds is 9. The second-order valence-corrected chi connectivity index (χ2v) is 10.4. The molecule has 0 amide bonds. The number of aliphatic hydroxyl groups excluding tert-OH is 1. The third-order valence-corrected chi connectivity index (χ3v) is 7.16. The molecule has 0 aliphatic carbocycles. The second kappa shape index (κ2) is 11.5. The topological polar surface area (TPSA) is 115 Å². The quantitative estimate of drug-likeness (QED) is 0.247. The van der Waals surface area contributed by atoms with Crippen LogP contribution in [-0.4, -0.2) is 59.1 Å². The number of nitrogens with zero attached hydrogens (tertiary/aromatic N) is 4. The number of benzene rings is 2. The minimum Gasteiger partial charge on any atom is -0.392 e. The van der Waals surface area contributed by atoms with Crippen molar-refractivity contribution in [3.8, 4) is 11.3 Å². The van der Waals surface area contributed by atoms with Gasteiger partial charge in [-0.1, -0.05) is 30.3 Å². The van der Waals surface area contributed by atoms with Crippen LogP contribution in [0.1, 0.15) is 36.8 Å². The SMILES string of the molecule is C[C@H](O)CN1CCC(c2ccc(Nc3ncc4ccc(-c5cccc(CNS(=O)O)c5)n4n3)cc2)CC1. The third kappa shape index (κ3) is 6.41. The number of β-amino-alcohol motifs (C(OH)–C–C–N with tert-alkyl or cyclic N) is 1. The van der Waals surface area contributed by atoms with E-state index < -0.39 is 11.3 Å². The van der Waals surface area contributed by atoms with E-state index in [1.54, 1.807) is 6.20 Å². The van der Waals surface area contributed by atoms with Crippen molar-refractivity contribution in [1.82, 2.24) is 24.2 Å². The smallest absolute Gasteiger partial charge is 0.245 e. The first-order chi connectivity index (χ1) is 17.9. The van der Waals surface area contributed by atoms with Crippen LogP contribution >= 0.6 is 0 Å². The van der Waals surface area contributed by atoms with E-state index in [-0.39, 0.29) is 6.10 Å². The van der Waals surface area contributed by atoms with Crippen molar-refractivity contribution in [2.24, 2.45) is 0 Å². The number of nitrogens with one attached hydrogen (secondary N) is 2. The van der Waals surface area contributed by atoms with E-state index in [2.05, 4.69) is 44.2 Å². The maximum absolute atomic E-state index is 11.0. The Hall–Kier alpha value is -3.15. The van der Waals surface area contributed by atoms with Gasteiger partial charge in [-0.25, -0.2) is 18.4 Å². The van der Waals surface area contributed by atoms with Crippen LogP contribution in [-0.2, 0) is 17.8 Å². The summed E-state index contributed by atoms with van der Waals surface area (Å²) in [4.78, 5) is 6.82. The fraction of sp³-hybridized carbons (Fsp3) is 0.333. The summed E-state index contributed by atoms with van der Waals surface area (Å²) in [7, 11) is 0. The van der Waals surface area contributed by atoms with Gasteiger partial charge in [-0.05, 0) is 80.2 Å². The van der Waals surface area contributed by atoms with Gasteiger partial charge in [0, 0.05) is 24.3 Å². The summed E-state index contributed by atoms with van der Waals surface area (Å²) >= 11 is -2.06. The first-order valence-corrected chi connectivity index (χ1v) is 13.6. The van der Waals surface area contributed by atoms with E-state index in [0.717, 1.165) is 60.5 Å². The van der Waals surface area contributed by atoms with Crippen LogP contribution in [0.25, 0.3) is 16.8 Å². The highest BCUT2D eigenvalue weighted by Gasteiger charge is 2.21. The van der Waals surface area contributed by atoms with Crippen LogP contribution in [0.2, 0.25) is 0 Å². The molecule has 194 valence electrons. The fourth-order valence-corrected chi connectivity index (χ4v) is 5.24. The van der Waals surface area contributed by atoms with Gasteiger partial charge in [0.15, 0.2) is 0 Å². The highest BCUT2D eigenvalue weighted by atomic mass is 32.2. The molecule has 1 fully saturated rings. The maximum Gasteiger partial charge on any atom is 0.245 e. The lowest BCUT2D eigenvalue weighted by Gasteiger charge is -2.32. The Morgan fingerprint density at radius 2 is 1.89 bits per heavy atom. The molecule has 10 heteroatoms. The average Bonchev–Trinajstić information content (AvgIpc) is 3.32. The third-order valence-electron chi connectivity index (χ3n) is 6.77. The van der Waals surface area contributed by atoms with Gasteiger partial charge < -0.3 is 15.3 Å². The monoisotopic (exact) mass is 520 g/mol. The molecule has 2 aromatic carbocycles. The molecule has 5 rings (SSSR count). The first kappa shape index (κ1) is 25.5. The zero-order chi connectivity index (χ0) is 25.8. The minimum atomic E-state index is -2.06. The number of aromatic nitrogens is 3. The van der Waals surface area contributed by atoms with Crippen LogP contribution in [0.15, 0.2) is 66.9 Å². The minimum absolute atomic E-state index is 0.279. The molecule has 2 aromatic heterocycles. The molecule has 0 spiro atoms. The standard InChI is InChI=1S/C27H32N6O3S/c1-19(34)18-32-13-11-22(12-14-32)21-5-7-24(8-6-21)30-27-28-17-25-9-10-26(33(25)31-27)23-4-2-3-20(15-23)16-29-37(35)36/h2-10,15,17,19,22,29,34H,11-14,16,18H2,1H3,(H,30,31)(H,35,36)/t19-/m0/s1. The van der Waals surface area contributed by atoms with Crippen LogP contribution in [0, 0.1) is 0 Å². The Morgan fingerprint density at radius 3 is 2.62 bits per heavy atom. The number of hydrogen-bond acceptors (Lipinski definition) is 6. The maximum atomic E-state index is 11.0. The molecule has 1 aliphatic rings. The van der Waals surface area contributed by atoms with Gasteiger partial charge in [0.25, 0.3) is 0 Å². The summed E-state index contributed by atoms with van der Waals surface area (Å²) in [5.74, 6) is 1.04. The molecule has 1 saturated heterocycles. The predicted molar refractivity (Wildman–Crippen MR) is 146 cm³/mol. The van der Waals surface area contributed by atoms with E-state index >= 15 is 0 Å². The highest BCUT2D eigenvalue weighted by Crippen LogP contribution is 2.29. The van der Waals surface area contributed by atoms with Gasteiger partial charge in [-0.15, -0.1) is 5.10 Å². The van der Waals surface area contributed by atoms with Gasteiger partial charge in [-0.3, -0.25) is 4.55 Å². The molecular weight excluding hydrogens is 488 g/mol. The zero-order valence-electron chi connectivity index (χ0n) is 20.7. The van der Waals surface area contributed by atoms with Crippen LogP contribution in [0.4, 0.5) is 11.6 Å². The Morgan fingerprint density at radius 1 is 1.11 bits per heavy atom. The van der Waals surface area contributed by atoms with Gasteiger partial charge in [-0.2, -0.15) is 0 Å². The predicted octanol–water partition coefficient (Wildman–Crippen LogP) is 3.93. The van der Waals surface area contributed by atoms with Gasteiger partial charge >= 0.3 is 0 Å². The van der Waals surface area contributed by atoms with Gasteiger partial charge in [0.1, 0.15) is 0 Å². The van der Waals surface area contributed by atoms with Crippen molar-refractivity contribution in [2.45, 2.75) is 38.3 Å². The Kier molecular flexibility index (Phi) is 7.92. The molecule has 0 saturated carbocycles.